The fraction of sp³-hybridized carbons (Fsp3) is 0.455. The highest BCUT2D eigenvalue weighted by Gasteiger charge is 2.21. The minimum atomic E-state index is -0.483. The average molecular weight is 228 g/mol. The van der Waals surface area contributed by atoms with Gasteiger partial charge in [-0.2, -0.15) is 0 Å². The summed E-state index contributed by atoms with van der Waals surface area (Å²) in [6.45, 7) is 16.3. The summed E-state index contributed by atoms with van der Waals surface area (Å²) >= 11 is 0. The molecule has 0 aromatic heterocycles. The van der Waals surface area contributed by atoms with Crippen molar-refractivity contribution in [3.8, 4) is 0 Å². The van der Waals surface area contributed by atoms with Crippen LogP contribution in [0.4, 0.5) is 0 Å². The minimum absolute atomic E-state index is 0.129. The third-order valence-corrected chi connectivity index (χ3v) is 2.19. The van der Waals surface area contributed by atoms with E-state index in [1.807, 2.05) is 0 Å². The Balaban J connectivity index is 4.38. The fourth-order valence-electron chi connectivity index (χ4n) is 0.985. The molecular formula is C11H20O3Si. The van der Waals surface area contributed by atoms with E-state index >= 15 is 0 Å². The zero-order chi connectivity index (χ0) is 12.0. The van der Waals surface area contributed by atoms with Gasteiger partial charge in [-0.15, -0.1) is 0 Å². The van der Waals surface area contributed by atoms with Crippen LogP contribution >= 0.6 is 0 Å². The van der Waals surface area contributed by atoms with Gasteiger partial charge in [0.2, 0.25) is 0 Å². The van der Waals surface area contributed by atoms with Crippen molar-refractivity contribution in [3.05, 3.63) is 37.0 Å². The molecule has 0 rings (SSSR count). The van der Waals surface area contributed by atoms with Crippen LogP contribution in [0.2, 0.25) is 0 Å². The summed E-state index contributed by atoms with van der Waals surface area (Å²) in [5.74, 6) is 1.83. The lowest BCUT2D eigenvalue weighted by atomic mass is 10.5. The van der Waals surface area contributed by atoms with Gasteiger partial charge in [0, 0.05) is 0 Å². The molecule has 0 spiro atoms. The van der Waals surface area contributed by atoms with E-state index in [0.29, 0.717) is 17.3 Å². The SMILES string of the molecule is C=C(C)OC([SiH3])C(OC(=C)C)OC(=C)C. The van der Waals surface area contributed by atoms with Crippen LogP contribution < -0.4 is 0 Å². The molecule has 0 radical (unpaired) electrons. The summed E-state index contributed by atoms with van der Waals surface area (Å²) in [6.07, 6.45) is -0.483. The van der Waals surface area contributed by atoms with Crippen molar-refractivity contribution in [1.29, 1.82) is 0 Å². The van der Waals surface area contributed by atoms with Gasteiger partial charge in [-0.05, 0) is 20.8 Å². The van der Waals surface area contributed by atoms with Crippen molar-refractivity contribution in [3.63, 3.8) is 0 Å². The summed E-state index contributed by atoms with van der Waals surface area (Å²) in [5, 5.41) is 0. The summed E-state index contributed by atoms with van der Waals surface area (Å²) in [5.41, 5.74) is -0.129. The van der Waals surface area contributed by atoms with E-state index < -0.39 is 6.29 Å². The second-order valence-electron chi connectivity index (χ2n) is 3.53. The number of hydrogen-bond donors (Lipinski definition) is 0. The highest BCUT2D eigenvalue weighted by Crippen LogP contribution is 2.13. The Morgan fingerprint density at radius 2 is 1.20 bits per heavy atom. The van der Waals surface area contributed by atoms with Gasteiger partial charge >= 0.3 is 0 Å². The number of allylic oxidation sites excluding steroid dienone is 3. The molecule has 4 heteroatoms. The predicted molar refractivity (Wildman–Crippen MR) is 65.2 cm³/mol. The smallest absolute Gasteiger partial charge is 0.272 e. The Hall–Kier alpha value is -1.16. The summed E-state index contributed by atoms with van der Waals surface area (Å²) in [6, 6.07) is 0. The third kappa shape index (κ3) is 6.85. The molecule has 0 N–H and O–H groups in total. The molecule has 0 saturated carbocycles. The molecule has 0 amide bonds. The van der Waals surface area contributed by atoms with Gasteiger partial charge in [0.15, 0.2) is 0 Å². The van der Waals surface area contributed by atoms with Crippen LogP contribution in [0.3, 0.4) is 0 Å². The number of rotatable bonds is 7. The van der Waals surface area contributed by atoms with Gasteiger partial charge in [-0.25, -0.2) is 0 Å². The fourth-order valence-corrected chi connectivity index (χ4v) is 1.66. The first-order valence-corrected chi connectivity index (χ1v) is 5.95. The molecule has 1 unspecified atom stereocenters. The van der Waals surface area contributed by atoms with Crippen molar-refractivity contribution < 1.29 is 14.2 Å². The zero-order valence-corrected chi connectivity index (χ0v) is 12.0. The van der Waals surface area contributed by atoms with Crippen LogP contribution in [0.15, 0.2) is 37.0 Å². The quantitative estimate of drug-likeness (QED) is 0.377. The van der Waals surface area contributed by atoms with Crippen molar-refractivity contribution >= 4 is 10.2 Å². The molecule has 1 atom stereocenters. The Morgan fingerprint density at radius 1 is 0.867 bits per heavy atom. The first kappa shape index (κ1) is 13.8. The predicted octanol–water partition coefficient (Wildman–Crippen LogP) is 1.65. The lowest BCUT2D eigenvalue weighted by molar-refractivity contribution is -0.131. The molecule has 0 aromatic rings. The van der Waals surface area contributed by atoms with Gasteiger partial charge in [-0.1, -0.05) is 19.7 Å². The van der Waals surface area contributed by atoms with Crippen LogP contribution in [-0.4, -0.2) is 22.3 Å². The standard InChI is InChI=1S/C11H20O3Si/c1-7(2)12-10(13-8(3)4)11(15)14-9(5)6/h10-11H,1,3,5H2,2,4,6,15H3. The van der Waals surface area contributed by atoms with Crippen molar-refractivity contribution in [2.24, 2.45) is 0 Å². The first-order valence-electron chi connectivity index (χ1n) is 4.79. The van der Waals surface area contributed by atoms with E-state index in [-0.39, 0.29) is 5.73 Å². The maximum atomic E-state index is 5.45. The van der Waals surface area contributed by atoms with Crippen LogP contribution in [-0.2, 0) is 14.2 Å². The molecule has 0 aliphatic carbocycles. The normalized spacial score (nSPS) is 12.0. The van der Waals surface area contributed by atoms with E-state index in [4.69, 9.17) is 14.2 Å². The molecule has 0 aliphatic heterocycles. The third-order valence-electron chi connectivity index (χ3n) is 1.41. The van der Waals surface area contributed by atoms with E-state index in [1.165, 1.54) is 0 Å². The molecule has 0 aromatic carbocycles. The second kappa shape index (κ2) is 6.34. The highest BCUT2D eigenvalue weighted by molar-refractivity contribution is 6.11. The van der Waals surface area contributed by atoms with E-state index in [0.717, 1.165) is 10.2 Å². The second-order valence-corrected chi connectivity index (χ2v) is 4.67. The highest BCUT2D eigenvalue weighted by atomic mass is 28.1. The zero-order valence-electron chi connectivity index (χ0n) is 10.0. The van der Waals surface area contributed by atoms with E-state index in [2.05, 4.69) is 19.7 Å². The monoisotopic (exact) mass is 228 g/mol. The molecule has 0 heterocycles. The minimum Gasteiger partial charge on any atom is -0.493 e. The van der Waals surface area contributed by atoms with Crippen LogP contribution in [0.5, 0.6) is 0 Å². The molecule has 0 fully saturated rings. The summed E-state index contributed by atoms with van der Waals surface area (Å²) in [7, 11) is 0.766. The molecule has 3 nitrogen and oxygen atoms in total. The van der Waals surface area contributed by atoms with E-state index in [1.54, 1.807) is 20.8 Å². The van der Waals surface area contributed by atoms with Crippen molar-refractivity contribution in [2.75, 3.05) is 0 Å². The average Bonchev–Trinajstić information content (AvgIpc) is 1.99. The summed E-state index contributed by atoms with van der Waals surface area (Å²) in [4.78, 5) is 0. The van der Waals surface area contributed by atoms with Gasteiger partial charge < -0.3 is 14.2 Å². The van der Waals surface area contributed by atoms with Crippen LogP contribution in [0.25, 0.3) is 0 Å². The Bertz CT molecular complexity index is 245. The summed E-state index contributed by atoms with van der Waals surface area (Å²) < 4.78 is 16.3. The topological polar surface area (TPSA) is 27.7 Å². The van der Waals surface area contributed by atoms with Crippen molar-refractivity contribution in [1.82, 2.24) is 0 Å². The van der Waals surface area contributed by atoms with Crippen molar-refractivity contribution in [2.45, 2.75) is 32.8 Å². The molecule has 0 bridgehead atoms. The molecular weight excluding hydrogens is 208 g/mol. The van der Waals surface area contributed by atoms with Gasteiger partial charge in [0.25, 0.3) is 6.29 Å². The molecule has 0 saturated heterocycles. The molecule has 0 aliphatic rings. The maximum absolute atomic E-state index is 5.45. The first-order chi connectivity index (χ1) is 6.82. The Kier molecular flexibility index (Phi) is 5.85. The Morgan fingerprint density at radius 3 is 1.47 bits per heavy atom. The van der Waals surface area contributed by atoms with Gasteiger partial charge in [-0.3, -0.25) is 0 Å². The largest absolute Gasteiger partial charge is 0.493 e. The van der Waals surface area contributed by atoms with Gasteiger partial charge in [0.05, 0.1) is 27.5 Å². The van der Waals surface area contributed by atoms with Gasteiger partial charge in [0.1, 0.15) is 5.73 Å². The van der Waals surface area contributed by atoms with Crippen LogP contribution in [0.1, 0.15) is 20.8 Å². The number of ether oxygens (including phenoxy) is 3. The number of hydrogen-bond acceptors (Lipinski definition) is 3. The Labute approximate surface area is 94.8 Å². The lowest BCUT2D eigenvalue weighted by Crippen LogP contribution is -2.33. The lowest BCUT2D eigenvalue weighted by Gasteiger charge is -2.26. The molecule has 15 heavy (non-hydrogen) atoms. The molecule has 86 valence electrons. The maximum Gasteiger partial charge on any atom is 0.272 e. The van der Waals surface area contributed by atoms with Crippen LogP contribution in [0, 0.1) is 0 Å². The van der Waals surface area contributed by atoms with E-state index in [9.17, 15) is 0 Å².